The molecule has 4 heterocycles. The largest absolute Gasteiger partial charge is 0.436 e. The number of H-pyrrole nitrogens is 1. The number of amides is 2. The first kappa shape index (κ1) is 24.0. The number of carbonyl (C=O) groups excluding carboxylic acids is 2. The first-order valence-corrected chi connectivity index (χ1v) is 12.3. The number of carbonyl (C=O) groups is 2. The van der Waals surface area contributed by atoms with E-state index in [0.29, 0.717) is 37.3 Å². The lowest BCUT2D eigenvalue weighted by molar-refractivity contribution is -0.0418. The van der Waals surface area contributed by atoms with E-state index in [2.05, 4.69) is 15.4 Å². The second-order valence-corrected chi connectivity index (χ2v) is 9.70. The van der Waals surface area contributed by atoms with E-state index in [1.165, 1.54) is 24.5 Å². The summed E-state index contributed by atoms with van der Waals surface area (Å²) in [6, 6.07) is 10.3. The molecule has 2 aliphatic heterocycles. The Hall–Kier alpha value is -4.38. The smallest absolute Gasteiger partial charge is 0.416 e. The van der Waals surface area contributed by atoms with Crippen molar-refractivity contribution < 1.29 is 23.1 Å². The third-order valence-electron chi connectivity index (χ3n) is 6.80. The average molecular weight is 538 g/mol. The second kappa shape index (κ2) is 9.18. The minimum absolute atomic E-state index is 0.00849. The lowest BCUT2D eigenvalue weighted by Gasteiger charge is -2.45. The maximum Gasteiger partial charge on any atom is 0.416 e. The Morgan fingerprint density at radius 3 is 2.76 bits per heavy atom. The Labute approximate surface area is 220 Å². The third-order valence-corrected chi connectivity index (χ3v) is 7.10. The first-order chi connectivity index (χ1) is 18.3. The summed E-state index contributed by atoms with van der Waals surface area (Å²) in [4.78, 5) is 40.9. The molecule has 2 aromatic heterocycles. The molecule has 12 heteroatoms. The van der Waals surface area contributed by atoms with E-state index < -0.39 is 23.3 Å². The number of piperidine rings is 1. The van der Waals surface area contributed by atoms with Crippen LogP contribution in [0.1, 0.15) is 34.3 Å². The molecule has 10 nitrogen and oxygen atoms in total. The van der Waals surface area contributed by atoms with Crippen molar-refractivity contribution in [1.29, 1.82) is 0 Å². The standard InChI is InChI=1S/C26H21ClFN5O5/c27-18-6-7-19-21(22(18)28)26(38-25(36)31-19)8-1-9-32(14-26)23(34)17-10-30-33(13-17)12-15-2-4-16(5-3-15)20-11-29-24(35)37-20/h2-7,10-11,13H,1,8-9,12,14H2,(H,29,35)(H,31,36)/t26-/m0/s1. The summed E-state index contributed by atoms with van der Waals surface area (Å²) in [6.45, 7) is 0.825. The Balaban J connectivity index is 1.20. The van der Waals surface area contributed by atoms with Crippen LogP contribution in [-0.4, -0.2) is 44.8 Å². The number of hydrogen-bond acceptors (Lipinski definition) is 6. The highest BCUT2D eigenvalue weighted by Gasteiger charge is 2.48. The van der Waals surface area contributed by atoms with Gasteiger partial charge in [-0.3, -0.25) is 19.8 Å². The summed E-state index contributed by atoms with van der Waals surface area (Å²) < 4.78 is 27.5. The molecular weight excluding hydrogens is 517 g/mol. The number of fused-ring (bicyclic) bond motifs is 2. The average Bonchev–Trinajstić information content (AvgIpc) is 3.55. The summed E-state index contributed by atoms with van der Waals surface area (Å²) in [5.41, 5.74) is 1.14. The SMILES string of the molecule is O=C1Nc2ccc(Cl)c(F)c2[C@@]2(CCCN(C(=O)c3cnn(Cc4ccc(-c5c[nH]c(=O)o5)cc4)c3)C2)O1. The summed E-state index contributed by atoms with van der Waals surface area (Å²) >= 11 is 6.04. The third kappa shape index (κ3) is 4.24. The normalized spacial score (nSPS) is 18.7. The quantitative estimate of drug-likeness (QED) is 0.399. The number of aromatic nitrogens is 3. The van der Waals surface area contributed by atoms with E-state index in [4.69, 9.17) is 20.8 Å². The highest BCUT2D eigenvalue weighted by atomic mass is 35.5. The summed E-state index contributed by atoms with van der Waals surface area (Å²) in [5, 5.41) is 6.75. The summed E-state index contributed by atoms with van der Waals surface area (Å²) in [6.07, 6.45) is 4.78. The zero-order chi connectivity index (χ0) is 26.4. The maximum atomic E-state index is 15.1. The highest BCUT2D eigenvalue weighted by molar-refractivity contribution is 6.31. The molecule has 1 saturated heterocycles. The summed E-state index contributed by atoms with van der Waals surface area (Å²) in [7, 11) is 0. The number of ether oxygens (including phenoxy) is 1. The Kier molecular flexibility index (Phi) is 5.79. The summed E-state index contributed by atoms with van der Waals surface area (Å²) in [5.74, 6) is -1.05. The number of benzene rings is 2. The Morgan fingerprint density at radius 1 is 1.18 bits per heavy atom. The van der Waals surface area contributed by atoms with Gasteiger partial charge in [0.15, 0.2) is 17.2 Å². The van der Waals surface area contributed by atoms with Gasteiger partial charge in [-0.05, 0) is 30.5 Å². The fourth-order valence-corrected chi connectivity index (χ4v) is 5.23. The molecule has 0 bridgehead atoms. The molecule has 2 N–H and O–H groups in total. The molecule has 2 aromatic carbocycles. The van der Waals surface area contributed by atoms with Gasteiger partial charge in [-0.25, -0.2) is 14.0 Å². The van der Waals surface area contributed by atoms with Gasteiger partial charge in [-0.15, -0.1) is 0 Å². The van der Waals surface area contributed by atoms with Crippen LogP contribution in [-0.2, 0) is 16.9 Å². The van der Waals surface area contributed by atoms with Crippen molar-refractivity contribution in [2.24, 2.45) is 0 Å². The monoisotopic (exact) mass is 537 g/mol. The van der Waals surface area contributed by atoms with Crippen LogP contribution in [0.15, 0.2) is 64.2 Å². The molecule has 4 aromatic rings. The molecule has 0 aliphatic carbocycles. The molecule has 38 heavy (non-hydrogen) atoms. The van der Waals surface area contributed by atoms with E-state index in [0.717, 1.165) is 11.1 Å². The number of nitrogens with zero attached hydrogens (tertiary/aromatic N) is 3. The fraction of sp³-hybridized carbons (Fsp3) is 0.231. The molecule has 0 saturated carbocycles. The van der Waals surface area contributed by atoms with E-state index in [1.54, 1.807) is 15.8 Å². The number of nitrogens with one attached hydrogen (secondary N) is 2. The van der Waals surface area contributed by atoms with Crippen molar-refractivity contribution in [2.45, 2.75) is 25.0 Å². The fourth-order valence-electron chi connectivity index (χ4n) is 5.08. The molecule has 0 unspecified atom stereocenters. The molecule has 1 fully saturated rings. The van der Waals surface area contributed by atoms with Gasteiger partial charge >= 0.3 is 11.8 Å². The predicted molar refractivity (Wildman–Crippen MR) is 134 cm³/mol. The number of likely N-dealkylation sites (tertiary alicyclic amines) is 1. The van der Waals surface area contributed by atoms with Gasteiger partial charge in [0, 0.05) is 18.3 Å². The number of oxazole rings is 1. The minimum Gasteiger partial charge on any atom is -0.436 e. The number of aromatic amines is 1. The number of rotatable bonds is 4. The van der Waals surface area contributed by atoms with Crippen molar-refractivity contribution in [3.05, 3.63) is 93.1 Å². The van der Waals surface area contributed by atoms with E-state index >= 15 is 4.39 Å². The Morgan fingerprint density at radius 2 is 2.00 bits per heavy atom. The predicted octanol–water partition coefficient (Wildman–Crippen LogP) is 4.37. The minimum atomic E-state index is -1.34. The molecule has 2 amide bonds. The van der Waals surface area contributed by atoms with Crippen molar-refractivity contribution >= 4 is 29.3 Å². The molecular formula is C26H21ClFN5O5. The van der Waals surface area contributed by atoms with Gasteiger partial charge in [-0.1, -0.05) is 35.9 Å². The van der Waals surface area contributed by atoms with Gasteiger partial charge in [0.25, 0.3) is 5.91 Å². The van der Waals surface area contributed by atoms with E-state index in [-0.39, 0.29) is 28.7 Å². The van der Waals surface area contributed by atoms with Crippen molar-refractivity contribution in [2.75, 3.05) is 18.4 Å². The van der Waals surface area contributed by atoms with Gasteiger partial charge in [0.05, 0.1) is 47.3 Å². The van der Waals surface area contributed by atoms with Gasteiger partial charge < -0.3 is 14.1 Å². The molecule has 194 valence electrons. The zero-order valence-electron chi connectivity index (χ0n) is 19.9. The lowest BCUT2D eigenvalue weighted by Crippen LogP contribution is -2.53. The van der Waals surface area contributed by atoms with Crippen molar-refractivity contribution in [3.8, 4) is 11.3 Å². The van der Waals surface area contributed by atoms with Crippen LogP contribution >= 0.6 is 11.6 Å². The van der Waals surface area contributed by atoms with E-state index in [1.807, 2.05) is 24.3 Å². The van der Waals surface area contributed by atoms with Crippen LogP contribution in [0.25, 0.3) is 11.3 Å². The molecule has 2 aliphatic rings. The topological polar surface area (TPSA) is 122 Å². The van der Waals surface area contributed by atoms with E-state index in [9.17, 15) is 14.4 Å². The van der Waals surface area contributed by atoms with Crippen LogP contribution in [0.5, 0.6) is 0 Å². The number of hydrogen-bond donors (Lipinski definition) is 2. The first-order valence-electron chi connectivity index (χ1n) is 11.9. The van der Waals surface area contributed by atoms with Crippen LogP contribution in [0.4, 0.5) is 14.9 Å². The van der Waals surface area contributed by atoms with Crippen molar-refractivity contribution in [3.63, 3.8) is 0 Å². The van der Waals surface area contributed by atoms with Crippen LogP contribution in [0, 0.1) is 5.82 Å². The maximum absolute atomic E-state index is 15.1. The van der Waals surface area contributed by atoms with Crippen LogP contribution in [0.3, 0.4) is 0 Å². The molecule has 1 atom stereocenters. The van der Waals surface area contributed by atoms with Crippen molar-refractivity contribution in [1.82, 2.24) is 19.7 Å². The van der Waals surface area contributed by atoms with Gasteiger partial charge in [-0.2, -0.15) is 5.10 Å². The molecule has 1 spiro atoms. The Bertz CT molecular complexity index is 1610. The molecule has 6 rings (SSSR count). The van der Waals surface area contributed by atoms with Crippen LogP contribution in [0.2, 0.25) is 5.02 Å². The second-order valence-electron chi connectivity index (χ2n) is 9.29. The lowest BCUT2D eigenvalue weighted by atomic mass is 9.83. The highest BCUT2D eigenvalue weighted by Crippen LogP contribution is 2.45. The number of anilines is 1. The van der Waals surface area contributed by atoms with Crippen LogP contribution < -0.4 is 11.1 Å². The molecule has 0 radical (unpaired) electrons. The number of halogens is 2. The zero-order valence-corrected chi connectivity index (χ0v) is 20.6. The van der Waals surface area contributed by atoms with Gasteiger partial charge in [0.2, 0.25) is 0 Å². The van der Waals surface area contributed by atoms with Gasteiger partial charge in [0.1, 0.15) is 0 Å².